The molecule has 106 valence electrons. The lowest BCUT2D eigenvalue weighted by Crippen LogP contribution is -2.27. The van der Waals surface area contributed by atoms with Gasteiger partial charge in [-0.05, 0) is 30.7 Å². The Labute approximate surface area is 117 Å². The van der Waals surface area contributed by atoms with Crippen molar-refractivity contribution in [3.8, 4) is 0 Å². The molecule has 0 aliphatic rings. The Morgan fingerprint density at radius 2 is 1.80 bits per heavy atom. The molecule has 3 N–H and O–H groups in total. The van der Waals surface area contributed by atoms with E-state index in [9.17, 15) is 12.8 Å². The Morgan fingerprint density at radius 3 is 2.40 bits per heavy atom. The van der Waals surface area contributed by atoms with Gasteiger partial charge >= 0.3 is 0 Å². The quantitative estimate of drug-likeness (QED) is 0.851. The fourth-order valence-corrected chi connectivity index (χ4v) is 3.03. The van der Waals surface area contributed by atoms with Crippen molar-refractivity contribution < 1.29 is 12.8 Å². The van der Waals surface area contributed by atoms with Crippen LogP contribution in [0.15, 0.2) is 53.4 Å². The van der Waals surface area contributed by atoms with E-state index in [1.165, 1.54) is 12.1 Å². The van der Waals surface area contributed by atoms with Crippen molar-refractivity contribution in [2.75, 3.05) is 5.73 Å². The first-order valence-electron chi connectivity index (χ1n) is 6.02. The molecule has 0 aromatic heterocycles. The van der Waals surface area contributed by atoms with Crippen LogP contribution in [0.4, 0.5) is 10.1 Å². The van der Waals surface area contributed by atoms with Gasteiger partial charge < -0.3 is 5.73 Å². The van der Waals surface area contributed by atoms with Crippen molar-refractivity contribution in [1.29, 1.82) is 0 Å². The summed E-state index contributed by atoms with van der Waals surface area (Å²) in [6.45, 7) is 1.72. The second-order valence-corrected chi connectivity index (χ2v) is 6.15. The van der Waals surface area contributed by atoms with Crippen LogP contribution in [0.2, 0.25) is 0 Å². The second-order valence-electron chi connectivity index (χ2n) is 4.44. The lowest BCUT2D eigenvalue weighted by atomic mass is 10.1. The second kappa shape index (κ2) is 5.60. The summed E-state index contributed by atoms with van der Waals surface area (Å²) in [5.41, 5.74) is 6.08. The smallest absolute Gasteiger partial charge is 0.241 e. The molecule has 1 unspecified atom stereocenters. The van der Waals surface area contributed by atoms with Crippen LogP contribution in [0.25, 0.3) is 0 Å². The molecule has 20 heavy (non-hydrogen) atoms. The maximum absolute atomic E-state index is 13.4. The summed E-state index contributed by atoms with van der Waals surface area (Å²) >= 11 is 0. The molecule has 0 aliphatic carbocycles. The molecule has 0 amide bonds. The predicted octanol–water partition coefficient (Wildman–Crippen LogP) is 2.45. The molecule has 2 rings (SSSR count). The van der Waals surface area contributed by atoms with Crippen molar-refractivity contribution in [3.05, 3.63) is 59.9 Å². The highest BCUT2D eigenvalue weighted by atomic mass is 32.2. The summed E-state index contributed by atoms with van der Waals surface area (Å²) in [6, 6.07) is 12.1. The molecule has 2 aromatic carbocycles. The molecule has 4 nitrogen and oxygen atoms in total. The monoisotopic (exact) mass is 294 g/mol. The minimum absolute atomic E-state index is 0.0833. The number of nitrogens with two attached hydrogens (primary N) is 1. The Balaban J connectivity index is 2.25. The Kier molecular flexibility index (Phi) is 4.06. The van der Waals surface area contributed by atoms with Crippen molar-refractivity contribution in [2.24, 2.45) is 0 Å². The highest BCUT2D eigenvalue weighted by Gasteiger charge is 2.19. The molecular formula is C14H15FN2O2S. The average molecular weight is 294 g/mol. The number of sulfonamides is 1. The van der Waals surface area contributed by atoms with E-state index in [0.717, 1.165) is 11.6 Å². The van der Waals surface area contributed by atoms with Crippen molar-refractivity contribution in [2.45, 2.75) is 17.9 Å². The summed E-state index contributed by atoms with van der Waals surface area (Å²) < 4.78 is 40.2. The first-order valence-corrected chi connectivity index (χ1v) is 7.51. The van der Waals surface area contributed by atoms with Crippen LogP contribution in [0, 0.1) is 5.82 Å². The third-order valence-corrected chi connectivity index (χ3v) is 4.45. The lowest BCUT2D eigenvalue weighted by Gasteiger charge is -2.14. The van der Waals surface area contributed by atoms with Gasteiger partial charge in [0.25, 0.3) is 0 Å². The Bertz CT molecular complexity index is 702. The molecule has 0 radical (unpaired) electrons. The Hall–Kier alpha value is -1.92. The van der Waals surface area contributed by atoms with Crippen LogP contribution < -0.4 is 10.5 Å². The van der Waals surface area contributed by atoms with E-state index >= 15 is 0 Å². The van der Waals surface area contributed by atoms with Gasteiger partial charge in [-0.15, -0.1) is 0 Å². The summed E-state index contributed by atoms with van der Waals surface area (Å²) in [4.78, 5) is -0.146. The lowest BCUT2D eigenvalue weighted by molar-refractivity contribution is 0.564. The van der Waals surface area contributed by atoms with Gasteiger partial charge in [-0.25, -0.2) is 17.5 Å². The van der Waals surface area contributed by atoms with Gasteiger partial charge in [0.1, 0.15) is 5.82 Å². The number of anilines is 1. The van der Waals surface area contributed by atoms with Gasteiger partial charge in [0, 0.05) is 6.04 Å². The van der Waals surface area contributed by atoms with Gasteiger partial charge in [-0.2, -0.15) is 0 Å². The van der Waals surface area contributed by atoms with Gasteiger partial charge in [0.05, 0.1) is 10.6 Å². The van der Waals surface area contributed by atoms with Gasteiger partial charge in [0.15, 0.2) is 0 Å². The summed E-state index contributed by atoms with van der Waals surface area (Å²) in [7, 11) is -3.79. The van der Waals surface area contributed by atoms with Crippen molar-refractivity contribution >= 4 is 15.7 Å². The number of halogens is 1. The number of benzene rings is 2. The minimum atomic E-state index is -3.79. The van der Waals surface area contributed by atoms with Crippen LogP contribution in [0.5, 0.6) is 0 Å². The fourth-order valence-electron chi connectivity index (χ4n) is 1.79. The summed E-state index contributed by atoms with van der Waals surface area (Å²) in [6.07, 6.45) is 0. The number of hydrogen-bond donors (Lipinski definition) is 2. The summed E-state index contributed by atoms with van der Waals surface area (Å²) in [5, 5.41) is 0. The molecule has 0 bridgehead atoms. The topological polar surface area (TPSA) is 72.2 Å². The van der Waals surface area contributed by atoms with Crippen molar-refractivity contribution in [1.82, 2.24) is 4.72 Å². The molecule has 6 heteroatoms. The van der Waals surface area contributed by atoms with Crippen LogP contribution in [-0.2, 0) is 10.0 Å². The number of nitrogen functional groups attached to an aromatic ring is 1. The van der Waals surface area contributed by atoms with Gasteiger partial charge in [0.2, 0.25) is 10.0 Å². The molecule has 0 heterocycles. The zero-order valence-electron chi connectivity index (χ0n) is 10.9. The minimum Gasteiger partial charge on any atom is -0.396 e. The molecule has 0 fully saturated rings. The van der Waals surface area contributed by atoms with Crippen LogP contribution >= 0.6 is 0 Å². The van der Waals surface area contributed by atoms with Crippen LogP contribution in [0.3, 0.4) is 0 Å². The van der Waals surface area contributed by atoms with Crippen LogP contribution in [0.1, 0.15) is 18.5 Å². The number of rotatable bonds is 4. The van der Waals surface area contributed by atoms with Gasteiger partial charge in [-0.3, -0.25) is 0 Å². The van der Waals surface area contributed by atoms with Crippen LogP contribution in [-0.4, -0.2) is 8.42 Å². The van der Waals surface area contributed by atoms with E-state index in [4.69, 9.17) is 5.73 Å². The fraction of sp³-hybridized carbons (Fsp3) is 0.143. The number of hydrogen-bond acceptors (Lipinski definition) is 3. The highest BCUT2D eigenvalue weighted by molar-refractivity contribution is 7.89. The predicted molar refractivity (Wildman–Crippen MR) is 76.0 cm³/mol. The third kappa shape index (κ3) is 3.15. The molecule has 0 aliphatic heterocycles. The van der Waals surface area contributed by atoms with E-state index in [2.05, 4.69) is 4.72 Å². The maximum Gasteiger partial charge on any atom is 0.241 e. The first-order chi connectivity index (χ1) is 9.40. The zero-order valence-corrected chi connectivity index (χ0v) is 11.7. The van der Waals surface area contributed by atoms with E-state index in [-0.39, 0.29) is 10.6 Å². The van der Waals surface area contributed by atoms with E-state index in [0.29, 0.717) is 0 Å². The molecule has 1 atom stereocenters. The average Bonchev–Trinajstić information content (AvgIpc) is 2.42. The van der Waals surface area contributed by atoms with Crippen molar-refractivity contribution in [3.63, 3.8) is 0 Å². The standard InChI is InChI=1S/C14H15FN2O2S/c1-10(11-5-3-2-4-6-11)17-20(18,19)12-7-8-14(16)13(15)9-12/h2-10,17H,16H2,1H3. The van der Waals surface area contributed by atoms with E-state index < -0.39 is 21.9 Å². The largest absolute Gasteiger partial charge is 0.396 e. The van der Waals surface area contributed by atoms with Gasteiger partial charge in [-0.1, -0.05) is 30.3 Å². The van der Waals surface area contributed by atoms with E-state index in [1.54, 1.807) is 6.92 Å². The molecule has 0 saturated heterocycles. The SMILES string of the molecule is CC(NS(=O)(=O)c1ccc(N)c(F)c1)c1ccccc1. The highest BCUT2D eigenvalue weighted by Crippen LogP contribution is 2.19. The molecular weight excluding hydrogens is 279 g/mol. The summed E-state index contributed by atoms with van der Waals surface area (Å²) in [5.74, 6) is -0.750. The molecule has 0 spiro atoms. The normalized spacial score (nSPS) is 13.1. The zero-order chi connectivity index (χ0) is 14.8. The molecule has 0 saturated carbocycles. The maximum atomic E-state index is 13.4. The number of nitrogens with one attached hydrogen (secondary N) is 1. The Morgan fingerprint density at radius 1 is 1.15 bits per heavy atom. The van der Waals surface area contributed by atoms with E-state index in [1.807, 2.05) is 30.3 Å². The third-order valence-electron chi connectivity index (χ3n) is 2.91. The molecule has 2 aromatic rings. The first kappa shape index (κ1) is 14.5.